The Morgan fingerprint density at radius 2 is 2.23 bits per heavy atom. The fourth-order valence-corrected chi connectivity index (χ4v) is 2.48. The highest BCUT2D eigenvalue weighted by atomic mass is 127. The molecule has 1 aromatic heterocycles. The van der Waals surface area contributed by atoms with E-state index in [4.69, 9.17) is 5.26 Å². The second-order valence-electron chi connectivity index (χ2n) is 2.11. The van der Waals surface area contributed by atoms with Gasteiger partial charge in [-0.25, -0.2) is 13.8 Å². The second-order valence-corrected chi connectivity index (χ2v) is 3.98. The Balaban J connectivity index is 3.33. The molecule has 2 nitrogen and oxygen atoms in total. The molecule has 0 aliphatic heterocycles. The fraction of sp³-hybridized carbons (Fsp3) is 0.143. The molecule has 0 amide bonds. The van der Waals surface area contributed by atoms with Crippen molar-refractivity contribution in [2.24, 2.45) is 0 Å². The van der Waals surface area contributed by atoms with Gasteiger partial charge < -0.3 is 0 Å². The third-order valence-electron chi connectivity index (χ3n) is 1.29. The van der Waals surface area contributed by atoms with E-state index in [2.05, 4.69) is 20.9 Å². The molecule has 6 heteroatoms. The lowest BCUT2D eigenvalue weighted by Crippen LogP contribution is -1.97. The van der Waals surface area contributed by atoms with E-state index in [0.717, 1.165) is 0 Å². The molecule has 0 N–H and O–H groups in total. The van der Waals surface area contributed by atoms with Gasteiger partial charge in [0.1, 0.15) is 15.5 Å². The van der Waals surface area contributed by atoms with Gasteiger partial charge in [-0.15, -0.1) is 0 Å². The predicted molar refractivity (Wildman–Crippen MR) is 54.3 cm³/mol. The minimum atomic E-state index is -2.58. The maximum absolute atomic E-state index is 12.4. The van der Waals surface area contributed by atoms with Gasteiger partial charge in [-0.2, -0.15) is 5.26 Å². The number of aromatic nitrogens is 1. The van der Waals surface area contributed by atoms with Crippen LogP contribution in [0.2, 0.25) is 0 Å². The fourth-order valence-electron chi connectivity index (χ4n) is 0.746. The van der Waals surface area contributed by atoms with Gasteiger partial charge in [0.15, 0.2) is 0 Å². The molecule has 0 aromatic carbocycles. The van der Waals surface area contributed by atoms with E-state index in [1.807, 2.05) is 0 Å². The highest BCUT2D eigenvalue weighted by Gasteiger charge is 2.17. The average molecular weight is 359 g/mol. The molecule has 0 saturated carbocycles. The number of hydrogen-bond donors (Lipinski definition) is 0. The topological polar surface area (TPSA) is 36.7 Å². The van der Waals surface area contributed by atoms with Crippen LogP contribution in [-0.4, -0.2) is 4.98 Å². The first-order chi connectivity index (χ1) is 6.06. The smallest absolute Gasteiger partial charge is 0.231 e. The van der Waals surface area contributed by atoms with E-state index >= 15 is 0 Å². The molecule has 0 saturated heterocycles. The quantitative estimate of drug-likeness (QED) is 0.570. The SMILES string of the molecule is N#Cc1cc(Br)c(C(F)F)c(I)n1. The summed E-state index contributed by atoms with van der Waals surface area (Å²) in [4.78, 5) is 3.69. The van der Waals surface area contributed by atoms with Gasteiger partial charge in [-0.3, -0.25) is 0 Å². The number of halogens is 4. The van der Waals surface area contributed by atoms with Crippen LogP contribution < -0.4 is 0 Å². The summed E-state index contributed by atoms with van der Waals surface area (Å²) in [5.41, 5.74) is -0.0414. The lowest BCUT2D eigenvalue weighted by Gasteiger charge is -2.04. The standard InChI is InChI=1S/C7H2BrF2IN2/c8-4-1-3(2-12)13-7(11)5(4)6(9)10/h1,6H. The zero-order chi connectivity index (χ0) is 10.0. The van der Waals surface area contributed by atoms with Gasteiger partial charge in [-0.1, -0.05) is 15.9 Å². The molecule has 0 atom stereocenters. The highest BCUT2D eigenvalue weighted by molar-refractivity contribution is 14.1. The van der Waals surface area contributed by atoms with Gasteiger partial charge in [0, 0.05) is 4.47 Å². The van der Waals surface area contributed by atoms with Crippen molar-refractivity contribution in [1.29, 1.82) is 5.26 Å². The molecule has 13 heavy (non-hydrogen) atoms. The molecule has 1 heterocycles. The maximum Gasteiger partial charge on any atom is 0.267 e. The average Bonchev–Trinajstić information content (AvgIpc) is 2.02. The van der Waals surface area contributed by atoms with Crippen molar-refractivity contribution in [2.45, 2.75) is 6.43 Å². The molecule has 1 rings (SSSR count). The first-order valence-electron chi connectivity index (χ1n) is 3.10. The molecular weight excluding hydrogens is 357 g/mol. The summed E-state index contributed by atoms with van der Waals surface area (Å²) >= 11 is 4.64. The van der Waals surface area contributed by atoms with E-state index in [1.165, 1.54) is 6.07 Å². The molecule has 68 valence electrons. The molecule has 1 aromatic rings. The zero-order valence-electron chi connectivity index (χ0n) is 6.06. The minimum Gasteiger partial charge on any atom is -0.231 e. The summed E-state index contributed by atoms with van der Waals surface area (Å²) < 4.78 is 25.1. The summed E-state index contributed by atoms with van der Waals surface area (Å²) in [6.45, 7) is 0. The normalized spacial score (nSPS) is 10.2. The van der Waals surface area contributed by atoms with E-state index < -0.39 is 6.43 Å². The van der Waals surface area contributed by atoms with Crippen molar-refractivity contribution in [3.63, 3.8) is 0 Å². The third kappa shape index (κ3) is 2.34. The Morgan fingerprint density at radius 1 is 1.62 bits per heavy atom. The Kier molecular flexibility index (Phi) is 3.55. The summed E-state index contributed by atoms with van der Waals surface area (Å²) in [5.74, 6) is 0. The third-order valence-corrected chi connectivity index (χ3v) is 2.77. The number of rotatable bonds is 1. The van der Waals surface area contributed by atoms with Crippen LogP contribution in [0, 0.1) is 15.0 Å². The van der Waals surface area contributed by atoms with Crippen LogP contribution in [0.5, 0.6) is 0 Å². The van der Waals surface area contributed by atoms with Crippen LogP contribution in [0.15, 0.2) is 10.5 Å². The van der Waals surface area contributed by atoms with Gasteiger partial charge >= 0.3 is 0 Å². The van der Waals surface area contributed by atoms with Crippen molar-refractivity contribution >= 4 is 38.5 Å². The molecule has 0 bridgehead atoms. The summed E-state index contributed by atoms with van der Waals surface area (Å²) in [6, 6.07) is 3.07. The molecule has 0 unspecified atom stereocenters. The zero-order valence-corrected chi connectivity index (χ0v) is 9.80. The van der Waals surface area contributed by atoms with Crippen LogP contribution in [0.4, 0.5) is 8.78 Å². The molecule has 0 aliphatic carbocycles. The van der Waals surface area contributed by atoms with E-state index in [-0.39, 0.29) is 19.4 Å². The summed E-state index contributed by atoms with van der Waals surface area (Å²) in [6.07, 6.45) is -2.58. The first kappa shape index (κ1) is 10.8. The van der Waals surface area contributed by atoms with E-state index in [0.29, 0.717) is 0 Å². The number of nitriles is 1. The Hall–Kier alpha value is -0.290. The lowest BCUT2D eigenvalue weighted by molar-refractivity contribution is 0.149. The van der Waals surface area contributed by atoms with Crippen molar-refractivity contribution in [3.05, 3.63) is 25.5 Å². The van der Waals surface area contributed by atoms with Crippen LogP contribution in [0.25, 0.3) is 0 Å². The largest absolute Gasteiger partial charge is 0.267 e. The number of pyridine rings is 1. The summed E-state index contributed by atoms with van der Waals surface area (Å²) in [7, 11) is 0. The van der Waals surface area contributed by atoms with Crippen LogP contribution in [0.1, 0.15) is 17.7 Å². The first-order valence-corrected chi connectivity index (χ1v) is 4.97. The molecule has 0 spiro atoms. The molecule has 0 fully saturated rings. The van der Waals surface area contributed by atoms with Gasteiger partial charge in [0.25, 0.3) is 6.43 Å². The van der Waals surface area contributed by atoms with E-state index in [1.54, 1.807) is 28.7 Å². The number of hydrogen-bond acceptors (Lipinski definition) is 2. The Bertz CT molecular complexity index is 352. The molecular formula is C7H2BrF2IN2. The molecule has 0 radical (unpaired) electrons. The molecule has 0 aliphatic rings. The van der Waals surface area contributed by atoms with Crippen LogP contribution in [-0.2, 0) is 0 Å². The predicted octanol–water partition coefficient (Wildman–Crippen LogP) is 3.26. The van der Waals surface area contributed by atoms with Crippen LogP contribution in [0.3, 0.4) is 0 Å². The second kappa shape index (κ2) is 4.28. The van der Waals surface area contributed by atoms with Crippen molar-refractivity contribution < 1.29 is 8.78 Å². The maximum atomic E-state index is 12.4. The van der Waals surface area contributed by atoms with Crippen molar-refractivity contribution in [1.82, 2.24) is 4.98 Å². The Morgan fingerprint density at radius 3 is 2.62 bits per heavy atom. The minimum absolute atomic E-state index is 0.126. The van der Waals surface area contributed by atoms with Crippen molar-refractivity contribution in [2.75, 3.05) is 0 Å². The van der Waals surface area contributed by atoms with Gasteiger partial charge in [-0.05, 0) is 28.7 Å². The van der Waals surface area contributed by atoms with Crippen molar-refractivity contribution in [3.8, 4) is 6.07 Å². The van der Waals surface area contributed by atoms with Gasteiger partial charge in [0.05, 0.1) is 5.56 Å². The number of nitrogens with zero attached hydrogens (tertiary/aromatic N) is 2. The van der Waals surface area contributed by atoms with Gasteiger partial charge in [0.2, 0.25) is 0 Å². The number of alkyl halides is 2. The highest BCUT2D eigenvalue weighted by Crippen LogP contribution is 2.30. The lowest BCUT2D eigenvalue weighted by atomic mass is 10.2. The monoisotopic (exact) mass is 358 g/mol. The van der Waals surface area contributed by atoms with E-state index in [9.17, 15) is 8.78 Å². The Labute approximate surface area is 95.2 Å². The summed E-state index contributed by atoms with van der Waals surface area (Å²) in [5, 5.41) is 8.49. The van der Waals surface area contributed by atoms with Crippen LogP contribution >= 0.6 is 38.5 Å².